The number of nitrogens with two attached hydrogens (primary N) is 1. The summed E-state index contributed by atoms with van der Waals surface area (Å²) in [6, 6.07) is 5.88. The molecule has 0 aliphatic carbocycles. The minimum absolute atomic E-state index is 0.0280. The smallest absolute Gasteiger partial charge is 0.292 e. The van der Waals surface area contributed by atoms with Crippen molar-refractivity contribution in [3.8, 4) is 0 Å². The molecule has 1 aromatic carbocycles. The number of anilines is 2. The van der Waals surface area contributed by atoms with Gasteiger partial charge in [0, 0.05) is 30.4 Å². The Morgan fingerprint density at radius 2 is 2.16 bits per heavy atom. The lowest BCUT2D eigenvalue weighted by Crippen LogP contribution is -2.32. The van der Waals surface area contributed by atoms with Crippen molar-refractivity contribution in [1.29, 1.82) is 0 Å². The predicted octanol–water partition coefficient (Wildman–Crippen LogP) is 1.71. The highest BCUT2D eigenvalue weighted by Gasteiger charge is 2.30. The van der Waals surface area contributed by atoms with Gasteiger partial charge in [0.15, 0.2) is 0 Å². The molecule has 1 aliphatic rings. The van der Waals surface area contributed by atoms with Gasteiger partial charge in [-0.15, -0.1) is 0 Å². The van der Waals surface area contributed by atoms with E-state index in [0.717, 1.165) is 18.7 Å². The number of benzene rings is 1. The van der Waals surface area contributed by atoms with Gasteiger partial charge in [-0.05, 0) is 39.6 Å². The lowest BCUT2D eigenvalue weighted by atomic mass is 10.2. The minimum atomic E-state index is -0.449. The van der Waals surface area contributed by atoms with Crippen molar-refractivity contribution in [2.45, 2.75) is 25.4 Å². The fraction of sp³-hybridized carbons (Fsp3) is 0.538. The number of nitro groups is 1. The third-order valence-corrected chi connectivity index (χ3v) is 3.82. The third-order valence-electron chi connectivity index (χ3n) is 3.82. The van der Waals surface area contributed by atoms with E-state index in [1.165, 1.54) is 6.07 Å². The molecule has 1 saturated heterocycles. The van der Waals surface area contributed by atoms with Crippen LogP contribution >= 0.6 is 0 Å². The molecule has 0 spiro atoms. The molecule has 0 bridgehead atoms. The molecule has 0 aromatic heterocycles. The molecule has 6 nitrogen and oxygen atoms in total. The largest absolute Gasteiger partial charge is 0.393 e. The Balaban J connectivity index is 2.23. The van der Waals surface area contributed by atoms with E-state index in [0.29, 0.717) is 12.1 Å². The summed E-state index contributed by atoms with van der Waals surface area (Å²) in [5.41, 5.74) is 6.91. The maximum atomic E-state index is 10.8. The fourth-order valence-electron chi connectivity index (χ4n) is 2.62. The summed E-state index contributed by atoms with van der Waals surface area (Å²) < 4.78 is 0. The summed E-state index contributed by atoms with van der Waals surface area (Å²) in [7, 11) is 4.15. The first-order valence-corrected chi connectivity index (χ1v) is 6.37. The van der Waals surface area contributed by atoms with Gasteiger partial charge in [0.05, 0.1) is 4.92 Å². The monoisotopic (exact) mass is 264 g/mol. The first-order valence-electron chi connectivity index (χ1n) is 6.37. The molecular weight excluding hydrogens is 244 g/mol. The summed E-state index contributed by atoms with van der Waals surface area (Å²) in [6.07, 6.45) is 1.09. The average Bonchev–Trinajstić information content (AvgIpc) is 2.71. The normalized spacial score (nSPS) is 23.1. The first-order chi connectivity index (χ1) is 8.90. The van der Waals surface area contributed by atoms with Gasteiger partial charge in [-0.1, -0.05) is 0 Å². The van der Waals surface area contributed by atoms with Crippen molar-refractivity contribution in [2.75, 3.05) is 31.3 Å². The average molecular weight is 264 g/mol. The van der Waals surface area contributed by atoms with Gasteiger partial charge in [0.2, 0.25) is 0 Å². The number of nitrogen functional groups attached to an aromatic ring is 1. The first kappa shape index (κ1) is 13.6. The highest BCUT2D eigenvalue weighted by molar-refractivity contribution is 5.67. The van der Waals surface area contributed by atoms with Crippen LogP contribution < -0.4 is 10.6 Å². The SMILES string of the molecule is C[C@H]1CC(N(C)C)CN1c1ccc([N+](=O)[O-])c(N)c1. The van der Waals surface area contributed by atoms with Gasteiger partial charge in [-0.3, -0.25) is 10.1 Å². The quantitative estimate of drug-likeness (QED) is 0.511. The van der Waals surface area contributed by atoms with Crippen molar-refractivity contribution in [1.82, 2.24) is 4.90 Å². The van der Waals surface area contributed by atoms with Crippen LogP contribution in [0.25, 0.3) is 0 Å². The highest BCUT2D eigenvalue weighted by Crippen LogP contribution is 2.32. The van der Waals surface area contributed by atoms with Crippen molar-refractivity contribution in [3.63, 3.8) is 0 Å². The van der Waals surface area contributed by atoms with E-state index in [9.17, 15) is 10.1 Å². The van der Waals surface area contributed by atoms with Crippen molar-refractivity contribution in [3.05, 3.63) is 28.3 Å². The standard InChI is InChI=1S/C13H20N4O2/c1-9-6-11(15(2)3)8-16(9)10-4-5-13(17(18)19)12(14)7-10/h4-5,7,9,11H,6,8,14H2,1-3H3/t9-,11?/m0/s1. The van der Waals surface area contributed by atoms with E-state index in [1.807, 2.05) is 0 Å². The topological polar surface area (TPSA) is 75.6 Å². The number of rotatable bonds is 3. The van der Waals surface area contributed by atoms with E-state index < -0.39 is 4.92 Å². The van der Waals surface area contributed by atoms with Crippen LogP contribution in [0.1, 0.15) is 13.3 Å². The number of hydrogen-bond acceptors (Lipinski definition) is 5. The molecule has 19 heavy (non-hydrogen) atoms. The lowest BCUT2D eigenvalue weighted by Gasteiger charge is -2.24. The molecular formula is C13H20N4O2. The maximum Gasteiger partial charge on any atom is 0.292 e. The molecule has 104 valence electrons. The molecule has 0 radical (unpaired) electrons. The van der Waals surface area contributed by atoms with E-state index in [1.54, 1.807) is 12.1 Å². The van der Waals surface area contributed by atoms with Gasteiger partial charge >= 0.3 is 0 Å². The zero-order valence-corrected chi connectivity index (χ0v) is 11.5. The molecule has 1 fully saturated rings. The van der Waals surface area contributed by atoms with Crippen molar-refractivity contribution in [2.24, 2.45) is 0 Å². The van der Waals surface area contributed by atoms with E-state index in [2.05, 4.69) is 30.8 Å². The molecule has 2 atom stereocenters. The molecule has 1 aliphatic heterocycles. The fourth-order valence-corrected chi connectivity index (χ4v) is 2.62. The van der Waals surface area contributed by atoms with Crippen LogP contribution in [0.3, 0.4) is 0 Å². The highest BCUT2D eigenvalue weighted by atomic mass is 16.6. The zero-order chi connectivity index (χ0) is 14.2. The zero-order valence-electron chi connectivity index (χ0n) is 11.5. The second-order valence-electron chi connectivity index (χ2n) is 5.35. The van der Waals surface area contributed by atoms with E-state index in [4.69, 9.17) is 5.73 Å². The van der Waals surface area contributed by atoms with Crippen LogP contribution in [0.4, 0.5) is 17.1 Å². The van der Waals surface area contributed by atoms with Gasteiger partial charge in [-0.2, -0.15) is 0 Å². The molecule has 1 heterocycles. The second kappa shape index (κ2) is 5.05. The Bertz CT molecular complexity index is 490. The van der Waals surface area contributed by atoms with Gasteiger partial charge < -0.3 is 15.5 Å². The van der Waals surface area contributed by atoms with Gasteiger partial charge in [0.25, 0.3) is 5.69 Å². The molecule has 2 N–H and O–H groups in total. The lowest BCUT2D eigenvalue weighted by molar-refractivity contribution is -0.383. The molecule has 0 amide bonds. The summed E-state index contributed by atoms with van der Waals surface area (Å²) in [5.74, 6) is 0. The minimum Gasteiger partial charge on any atom is -0.393 e. The van der Waals surface area contributed by atoms with Crippen LogP contribution in [0.2, 0.25) is 0 Å². The third kappa shape index (κ3) is 2.63. The van der Waals surface area contributed by atoms with Crippen LogP contribution in [0, 0.1) is 10.1 Å². The maximum absolute atomic E-state index is 10.8. The Labute approximate surface area is 112 Å². The Hall–Kier alpha value is -1.82. The number of nitro benzene ring substituents is 1. The van der Waals surface area contributed by atoms with Crippen LogP contribution in [-0.2, 0) is 0 Å². The van der Waals surface area contributed by atoms with Crippen LogP contribution in [-0.4, -0.2) is 42.5 Å². The number of nitrogens with zero attached hydrogens (tertiary/aromatic N) is 3. The number of hydrogen-bond donors (Lipinski definition) is 1. The Kier molecular flexibility index (Phi) is 3.61. The molecule has 1 aromatic rings. The van der Waals surface area contributed by atoms with Gasteiger partial charge in [0.1, 0.15) is 5.69 Å². The van der Waals surface area contributed by atoms with Crippen LogP contribution in [0.15, 0.2) is 18.2 Å². The summed E-state index contributed by atoms with van der Waals surface area (Å²) >= 11 is 0. The molecule has 6 heteroatoms. The van der Waals surface area contributed by atoms with E-state index >= 15 is 0 Å². The van der Waals surface area contributed by atoms with Crippen LogP contribution in [0.5, 0.6) is 0 Å². The summed E-state index contributed by atoms with van der Waals surface area (Å²) in [6.45, 7) is 3.09. The Morgan fingerprint density at radius 1 is 1.47 bits per heavy atom. The van der Waals surface area contributed by atoms with Gasteiger partial charge in [-0.25, -0.2) is 0 Å². The molecule has 2 rings (SSSR count). The summed E-state index contributed by atoms with van der Waals surface area (Å²) in [5, 5.41) is 10.8. The molecule has 1 unspecified atom stereocenters. The van der Waals surface area contributed by atoms with Crippen molar-refractivity contribution < 1.29 is 4.92 Å². The molecule has 0 saturated carbocycles. The van der Waals surface area contributed by atoms with Crippen molar-refractivity contribution >= 4 is 17.1 Å². The summed E-state index contributed by atoms with van der Waals surface area (Å²) in [4.78, 5) is 14.8. The second-order valence-corrected chi connectivity index (χ2v) is 5.35. The number of likely N-dealkylation sites (N-methyl/N-ethyl adjacent to an activating group) is 1. The predicted molar refractivity (Wildman–Crippen MR) is 76.4 cm³/mol. The Morgan fingerprint density at radius 3 is 2.63 bits per heavy atom. The van der Waals surface area contributed by atoms with E-state index in [-0.39, 0.29) is 11.4 Å².